The maximum atomic E-state index is 11.7. The van der Waals surface area contributed by atoms with Gasteiger partial charge in [-0.15, -0.1) is 0 Å². The maximum Gasteiger partial charge on any atom is 0.319 e. The van der Waals surface area contributed by atoms with Crippen LogP contribution in [0.4, 0.5) is 4.79 Å². The molecule has 0 bridgehead atoms. The second-order valence-electron chi connectivity index (χ2n) is 4.89. The fraction of sp³-hybridized carbons (Fsp3) is 0.917. The molecule has 0 radical (unpaired) electrons. The molecule has 0 aromatic carbocycles. The van der Waals surface area contributed by atoms with Gasteiger partial charge in [0.15, 0.2) is 0 Å². The molecule has 0 atom stereocenters. The molecule has 2 heterocycles. The van der Waals surface area contributed by atoms with Crippen LogP contribution in [0.5, 0.6) is 0 Å². The largest absolute Gasteiger partial charge is 0.370 e. The van der Waals surface area contributed by atoms with E-state index in [0.717, 1.165) is 19.6 Å². The molecule has 0 aromatic heterocycles. The Hall–Kier alpha value is -0.850. The van der Waals surface area contributed by atoms with Gasteiger partial charge >= 0.3 is 6.03 Å². The van der Waals surface area contributed by atoms with Crippen LogP contribution >= 0.6 is 0 Å². The molecule has 0 aliphatic carbocycles. The van der Waals surface area contributed by atoms with Gasteiger partial charge in [0.1, 0.15) is 5.60 Å². The predicted octanol–water partition coefficient (Wildman–Crippen LogP) is 0.345. The summed E-state index contributed by atoms with van der Waals surface area (Å²) < 4.78 is 5.82. The Labute approximate surface area is 110 Å². The van der Waals surface area contributed by atoms with E-state index >= 15 is 0 Å². The van der Waals surface area contributed by atoms with E-state index < -0.39 is 0 Å². The Bertz CT molecular complexity index is 277. The lowest BCUT2D eigenvalue weighted by Crippen LogP contribution is -2.69. The van der Waals surface area contributed by atoms with Crippen molar-refractivity contribution in [3.8, 4) is 0 Å². The summed E-state index contributed by atoms with van der Waals surface area (Å²) in [4.78, 5) is 15.0. The van der Waals surface area contributed by atoms with Gasteiger partial charge in [-0.3, -0.25) is 5.84 Å². The summed E-state index contributed by atoms with van der Waals surface area (Å²) in [7, 11) is 3.52. The highest BCUT2D eigenvalue weighted by Gasteiger charge is 2.48. The van der Waals surface area contributed by atoms with Crippen LogP contribution in [-0.2, 0) is 4.74 Å². The van der Waals surface area contributed by atoms with E-state index in [-0.39, 0.29) is 11.6 Å². The number of ether oxygens (including phenoxy) is 1. The van der Waals surface area contributed by atoms with Crippen LogP contribution in [0.1, 0.15) is 20.3 Å². The Morgan fingerprint density at radius 2 is 1.89 bits per heavy atom. The molecule has 6 heteroatoms. The third-order valence-electron chi connectivity index (χ3n) is 3.10. The molecular weight excluding hydrogens is 232 g/mol. The minimum atomic E-state index is -0.225. The summed E-state index contributed by atoms with van der Waals surface area (Å²) in [5.74, 6) is 5.84. The fourth-order valence-electron chi connectivity index (χ4n) is 2.31. The normalized spacial score (nSPS) is 22.6. The number of nitrogens with two attached hydrogens (primary N) is 1. The van der Waals surface area contributed by atoms with Gasteiger partial charge in [-0.1, -0.05) is 13.8 Å². The first-order chi connectivity index (χ1) is 8.52. The van der Waals surface area contributed by atoms with Crippen molar-refractivity contribution in [1.82, 2.24) is 14.8 Å². The molecule has 18 heavy (non-hydrogen) atoms. The van der Waals surface area contributed by atoms with Gasteiger partial charge in [0.05, 0.1) is 13.1 Å². The molecule has 0 saturated carbocycles. The zero-order valence-electron chi connectivity index (χ0n) is 12.0. The molecule has 2 aliphatic rings. The lowest BCUT2D eigenvalue weighted by molar-refractivity contribution is -0.129. The monoisotopic (exact) mass is 258 g/mol. The third-order valence-corrected chi connectivity index (χ3v) is 3.10. The van der Waals surface area contributed by atoms with E-state index in [2.05, 4.69) is 0 Å². The van der Waals surface area contributed by atoms with Gasteiger partial charge in [-0.05, 0) is 6.42 Å². The fourth-order valence-corrected chi connectivity index (χ4v) is 2.31. The molecule has 6 nitrogen and oxygen atoms in total. The molecule has 2 N–H and O–H groups in total. The molecule has 2 amide bonds. The second-order valence-corrected chi connectivity index (χ2v) is 4.89. The first-order valence-electron chi connectivity index (χ1n) is 6.62. The number of urea groups is 1. The zero-order valence-corrected chi connectivity index (χ0v) is 12.0. The average molecular weight is 258 g/mol. The third kappa shape index (κ3) is 3.34. The smallest absolute Gasteiger partial charge is 0.319 e. The number of carbonyl (C=O) groups excluding carboxylic acids is 1. The Balaban J connectivity index is 0.000000771. The number of rotatable bonds is 0. The van der Waals surface area contributed by atoms with Crippen molar-refractivity contribution in [3.63, 3.8) is 0 Å². The molecule has 2 rings (SSSR count). The standard InChI is InChI=1S/C10H20N4O2.C2H6/c1-12(2)9(15)13-6-10(7-13)8-14(11)4-3-5-16-10;1-2/h3-8,11H2,1-2H3;1-2H3. The first-order valence-corrected chi connectivity index (χ1v) is 6.62. The predicted molar refractivity (Wildman–Crippen MR) is 71.1 cm³/mol. The molecule has 106 valence electrons. The van der Waals surface area contributed by atoms with Gasteiger partial charge in [0, 0.05) is 33.8 Å². The first kappa shape index (κ1) is 15.2. The van der Waals surface area contributed by atoms with Crippen molar-refractivity contribution in [1.29, 1.82) is 0 Å². The molecule has 2 aliphatic heterocycles. The number of hydrazine groups is 1. The highest BCUT2D eigenvalue weighted by molar-refractivity contribution is 5.75. The van der Waals surface area contributed by atoms with Crippen LogP contribution in [0.3, 0.4) is 0 Å². The van der Waals surface area contributed by atoms with E-state index in [0.29, 0.717) is 19.6 Å². The quantitative estimate of drug-likeness (QED) is 0.637. The van der Waals surface area contributed by atoms with Gasteiger partial charge in [0.2, 0.25) is 0 Å². The molecule has 0 unspecified atom stereocenters. The van der Waals surface area contributed by atoms with E-state index in [1.807, 2.05) is 13.8 Å². The minimum absolute atomic E-state index is 0.0436. The van der Waals surface area contributed by atoms with Crippen molar-refractivity contribution >= 4 is 6.03 Å². The minimum Gasteiger partial charge on any atom is -0.370 e. The molecule has 0 aromatic rings. The number of nitrogens with zero attached hydrogens (tertiary/aromatic N) is 3. The summed E-state index contributed by atoms with van der Waals surface area (Å²) in [6.45, 7) is 7.61. The number of amides is 2. The van der Waals surface area contributed by atoms with Crippen molar-refractivity contribution in [2.75, 3.05) is 46.9 Å². The number of carbonyl (C=O) groups is 1. The van der Waals surface area contributed by atoms with Crippen molar-refractivity contribution in [2.45, 2.75) is 25.9 Å². The van der Waals surface area contributed by atoms with Crippen LogP contribution in [0, 0.1) is 0 Å². The molecule has 1 spiro atoms. The highest BCUT2D eigenvalue weighted by atomic mass is 16.5. The lowest BCUT2D eigenvalue weighted by Gasteiger charge is -2.50. The van der Waals surface area contributed by atoms with Crippen LogP contribution in [-0.4, -0.2) is 73.3 Å². The Morgan fingerprint density at radius 3 is 2.44 bits per heavy atom. The highest BCUT2D eigenvalue weighted by Crippen LogP contribution is 2.28. The van der Waals surface area contributed by atoms with E-state index in [1.165, 1.54) is 0 Å². The van der Waals surface area contributed by atoms with Crippen molar-refractivity contribution < 1.29 is 9.53 Å². The van der Waals surface area contributed by atoms with Gasteiger partial charge < -0.3 is 14.5 Å². The average Bonchev–Trinajstić information content (AvgIpc) is 2.50. The van der Waals surface area contributed by atoms with Crippen LogP contribution in [0.15, 0.2) is 0 Å². The van der Waals surface area contributed by atoms with Crippen LogP contribution in [0.25, 0.3) is 0 Å². The van der Waals surface area contributed by atoms with Gasteiger partial charge in [-0.25, -0.2) is 9.80 Å². The molecule has 2 fully saturated rings. The van der Waals surface area contributed by atoms with Crippen molar-refractivity contribution in [2.24, 2.45) is 5.84 Å². The summed E-state index contributed by atoms with van der Waals surface area (Å²) in [5.41, 5.74) is -0.225. The second kappa shape index (κ2) is 6.36. The van der Waals surface area contributed by atoms with Crippen molar-refractivity contribution in [3.05, 3.63) is 0 Å². The summed E-state index contributed by atoms with van der Waals surface area (Å²) in [5, 5.41) is 1.80. The van der Waals surface area contributed by atoms with E-state index in [1.54, 1.807) is 28.9 Å². The maximum absolute atomic E-state index is 11.7. The topological polar surface area (TPSA) is 62.0 Å². The summed E-state index contributed by atoms with van der Waals surface area (Å²) in [6.07, 6.45) is 0.958. The molecule has 2 saturated heterocycles. The Kier molecular flexibility index (Phi) is 5.37. The summed E-state index contributed by atoms with van der Waals surface area (Å²) >= 11 is 0. The van der Waals surface area contributed by atoms with Gasteiger partial charge in [0.25, 0.3) is 0 Å². The van der Waals surface area contributed by atoms with Gasteiger partial charge in [-0.2, -0.15) is 0 Å². The lowest BCUT2D eigenvalue weighted by atomic mass is 9.94. The number of hydrogen-bond donors (Lipinski definition) is 1. The van der Waals surface area contributed by atoms with E-state index in [9.17, 15) is 4.79 Å². The zero-order chi connectivity index (χ0) is 13.8. The van der Waals surface area contributed by atoms with Crippen LogP contribution in [0.2, 0.25) is 0 Å². The number of likely N-dealkylation sites (tertiary alicyclic amines) is 1. The van der Waals surface area contributed by atoms with Crippen LogP contribution < -0.4 is 5.84 Å². The number of hydrogen-bond acceptors (Lipinski definition) is 4. The summed E-state index contributed by atoms with van der Waals surface area (Å²) in [6, 6.07) is 0.0436. The SMILES string of the molecule is CC.CN(C)C(=O)N1CC2(CN(N)CCCO2)C1. The Morgan fingerprint density at radius 1 is 1.28 bits per heavy atom. The molecular formula is C12H26N4O2. The van der Waals surface area contributed by atoms with E-state index in [4.69, 9.17) is 10.6 Å².